The third kappa shape index (κ3) is 2.24. The van der Waals surface area contributed by atoms with E-state index < -0.39 is 0 Å². The minimum atomic E-state index is -0.0833. The molecule has 2 rings (SSSR count). The lowest BCUT2D eigenvalue weighted by Crippen LogP contribution is -2.14. The number of nitrogens with zero attached hydrogens (tertiary/aromatic N) is 2. The lowest BCUT2D eigenvalue weighted by molar-refractivity contribution is 0.102. The standard InChI is InChI=1S/C12H15N3OS/c1-4-10-8(2)11(15(3)14-10)13-12(16)9-5-6-17-7-9/h5-7H,4H2,1-3H3,(H,13,16). The number of aromatic nitrogens is 2. The predicted molar refractivity (Wildman–Crippen MR) is 69.6 cm³/mol. The number of anilines is 1. The van der Waals surface area contributed by atoms with Gasteiger partial charge in [-0.15, -0.1) is 0 Å². The SMILES string of the molecule is CCc1nn(C)c(NC(=O)c2ccsc2)c1C. The fourth-order valence-electron chi connectivity index (χ4n) is 1.77. The highest BCUT2D eigenvalue weighted by molar-refractivity contribution is 7.08. The summed E-state index contributed by atoms with van der Waals surface area (Å²) in [6.45, 7) is 4.04. The van der Waals surface area contributed by atoms with Crippen molar-refractivity contribution >= 4 is 23.1 Å². The number of rotatable bonds is 3. The molecule has 1 amide bonds. The summed E-state index contributed by atoms with van der Waals surface area (Å²) in [5.74, 6) is 0.693. The number of carbonyl (C=O) groups is 1. The van der Waals surface area contributed by atoms with E-state index >= 15 is 0 Å². The zero-order valence-corrected chi connectivity index (χ0v) is 11.0. The molecule has 2 aromatic rings. The van der Waals surface area contributed by atoms with Gasteiger partial charge in [-0.1, -0.05) is 6.92 Å². The Kier molecular flexibility index (Phi) is 3.28. The first-order chi connectivity index (χ1) is 8.13. The van der Waals surface area contributed by atoms with Crippen molar-refractivity contribution in [1.29, 1.82) is 0 Å². The Morgan fingerprint density at radius 2 is 2.35 bits per heavy atom. The van der Waals surface area contributed by atoms with E-state index in [0.717, 1.165) is 23.5 Å². The molecule has 2 heterocycles. The van der Waals surface area contributed by atoms with Crippen molar-refractivity contribution in [3.05, 3.63) is 33.6 Å². The van der Waals surface area contributed by atoms with E-state index in [4.69, 9.17) is 0 Å². The maximum Gasteiger partial charge on any atom is 0.257 e. The second-order valence-electron chi connectivity index (χ2n) is 3.86. The zero-order valence-electron chi connectivity index (χ0n) is 10.2. The molecule has 4 nitrogen and oxygen atoms in total. The van der Waals surface area contributed by atoms with Crippen molar-refractivity contribution in [3.8, 4) is 0 Å². The van der Waals surface area contributed by atoms with Crippen LogP contribution in [-0.4, -0.2) is 15.7 Å². The number of nitrogens with one attached hydrogen (secondary N) is 1. The van der Waals surface area contributed by atoms with Crippen molar-refractivity contribution in [3.63, 3.8) is 0 Å². The molecule has 90 valence electrons. The van der Waals surface area contributed by atoms with Crippen LogP contribution in [0, 0.1) is 6.92 Å². The Hall–Kier alpha value is -1.62. The second-order valence-corrected chi connectivity index (χ2v) is 4.64. The molecule has 0 aromatic carbocycles. The summed E-state index contributed by atoms with van der Waals surface area (Å²) in [7, 11) is 1.84. The van der Waals surface area contributed by atoms with Gasteiger partial charge in [-0.05, 0) is 24.8 Å². The van der Waals surface area contributed by atoms with Gasteiger partial charge in [0.2, 0.25) is 0 Å². The minimum Gasteiger partial charge on any atom is -0.307 e. The van der Waals surface area contributed by atoms with E-state index in [1.54, 1.807) is 4.68 Å². The molecule has 0 saturated carbocycles. The Morgan fingerprint density at radius 1 is 1.59 bits per heavy atom. The molecule has 0 atom stereocenters. The van der Waals surface area contributed by atoms with Crippen LogP contribution in [0.15, 0.2) is 16.8 Å². The quantitative estimate of drug-likeness (QED) is 0.909. The lowest BCUT2D eigenvalue weighted by Gasteiger charge is -2.05. The molecule has 0 radical (unpaired) electrons. The van der Waals surface area contributed by atoms with Crippen LogP contribution in [0.5, 0.6) is 0 Å². The fraction of sp³-hybridized carbons (Fsp3) is 0.333. The molecule has 0 fully saturated rings. The van der Waals surface area contributed by atoms with Crippen molar-refractivity contribution in [2.45, 2.75) is 20.3 Å². The smallest absolute Gasteiger partial charge is 0.257 e. The van der Waals surface area contributed by atoms with Crippen LogP contribution < -0.4 is 5.32 Å². The maximum atomic E-state index is 11.9. The van der Waals surface area contributed by atoms with Crippen molar-refractivity contribution in [1.82, 2.24) is 9.78 Å². The van der Waals surface area contributed by atoms with Gasteiger partial charge in [-0.25, -0.2) is 0 Å². The van der Waals surface area contributed by atoms with Crippen LogP contribution in [0.2, 0.25) is 0 Å². The Labute approximate surface area is 104 Å². The first-order valence-electron chi connectivity index (χ1n) is 5.49. The van der Waals surface area contributed by atoms with E-state index in [2.05, 4.69) is 17.3 Å². The summed E-state index contributed by atoms with van der Waals surface area (Å²) in [5, 5.41) is 11.0. The van der Waals surface area contributed by atoms with Gasteiger partial charge >= 0.3 is 0 Å². The van der Waals surface area contributed by atoms with Crippen molar-refractivity contribution in [2.75, 3.05) is 5.32 Å². The third-order valence-electron chi connectivity index (χ3n) is 2.73. The van der Waals surface area contributed by atoms with Gasteiger partial charge in [0.1, 0.15) is 5.82 Å². The molecule has 0 aliphatic rings. The van der Waals surface area contributed by atoms with Gasteiger partial charge in [-0.3, -0.25) is 9.48 Å². The summed E-state index contributed by atoms with van der Waals surface area (Å²) < 4.78 is 1.72. The first kappa shape index (κ1) is 11.9. The number of thiophene rings is 1. The first-order valence-corrected chi connectivity index (χ1v) is 6.43. The summed E-state index contributed by atoms with van der Waals surface area (Å²) in [6.07, 6.45) is 0.869. The third-order valence-corrected chi connectivity index (χ3v) is 3.42. The minimum absolute atomic E-state index is 0.0833. The molecular weight excluding hydrogens is 234 g/mol. The molecule has 0 aliphatic carbocycles. The van der Waals surface area contributed by atoms with Crippen LogP contribution in [-0.2, 0) is 13.5 Å². The maximum absolute atomic E-state index is 11.9. The van der Waals surface area contributed by atoms with Crippen LogP contribution in [0.3, 0.4) is 0 Å². The average molecular weight is 249 g/mol. The molecule has 0 aliphatic heterocycles. The van der Waals surface area contributed by atoms with Gasteiger partial charge in [0.15, 0.2) is 0 Å². The highest BCUT2D eigenvalue weighted by atomic mass is 32.1. The monoisotopic (exact) mass is 249 g/mol. The predicted octanol–water partition coefficient (Wildman–Crippen LogP) is 2.60. The summed E-state index contributed by atoms with van der Waals surface area (Å²) in [4.78, 5) is 11.9. The zero-order chi connectivity index (χ0) is 12.4. The highest BCUT2D eigenvalue weighted by Crippen LogP contribution is 2.19. The summed E-state index contributed by atoms with van der Waals surface area (Å²) in [6, 6.07) is 1.81. The molecule has 1 N–H and O–H groups in total. The molecule has 2 aromatic heterocycles. The topological polar surface area (TPSA) is 46.9 Å². The van der Waals surface area contributed by atoms with Gasteiger partial charge in [-0.2, -0.15) is 16.4 Å². The van der Waals surface area contributed by atoms with E-state index in [1.165, 1.54) is 11.3 Å². The molecule has 17 heavy (non-hydrogen) atoms. The van der Waals surface area contributed by atoms with Crippen molar-refractivity contribution in [2.24, 2.45) is 7.05 Å². The van der Waals surface area contributed by atoms with Gasteiger partial charge in [0, 0.05) is 18.0 Å². The van der Waals surface area contributed by atoms with Gasteiger partial charge in [0.05, 0.1) is 11.3 Å². The molecule has 5 heteroatoms. The fourth-order valence-corrected chi connectivity index (χ4v) is 2.41. The molecule has 0 saturated heterocycles. The van der Waals surface area contributed by atoms with Crippen LogP contribution >= 0.6 is 11.3 Å². The van der Waals surface area contributed by atoms with E-state index in [1.807, 2.05) is 30.8 Å². The normalized spacial score (nSPS) is 10.5. The number of amides is 1. The molecule has 0 unspecified atom stereocenters. The number of hydrogen-bond acceptors (Lipinski definition) is 3. The summed E-state index contributed by atoms with van der Waals surface area (Å²) in [5.41, 5.74) is 2.75. The van der Waals surface area contributed by atoms with Gasteiger partial charge in [0.25, 0.3) is 5.91 Å². The number of carbonyl (C=O) groups excluding carboxylic acids is 1. The van der Waals surface area contributed by atoms with E-state index in [9.17, 15) is 4.79 Å². The molecule has 0 spiro atoms. The largest absolute Gasteiger partial charge is 0.307 e. The lowest BCUT2D eigenvalue weighted by atomic mass is 10.2. The van der Waals surface area contributed by atoms with Crippen LogP contribution in [0.1, 0.15) is 28.5 Å². The number of hydrogen-bond donors (Lipinski definition) is 1. The molecular formula is C12H15N3OS. The second kappa shape index (κ2) is 4.71. The molecule has 0 bridgehead atoms. The average Bonchev–Trinajstić information content (AvgIpc) is 2.92. The Balaban J connectivity index is 2.25. The Bertz CT molecular complexity index is 528. The highest BCUT2D eigenvalue weighted by Gasteiger charge is 2.14. The van der Waals surface area contributed by atoms with E-state index in [0.29, 0.717) is 5.56 Å². The number of aryl methyl sites for hydroxylation is 2. The van der Waals surface area contributed by atoms with Crippen molar-refractivity contribution < 1.29 is 4.79 Å². The Morgan fingerprint density at radius 3 is 2.88 bits per heavy atom. The van der Waals surface area contributed by atoms with Crippen LogP contribution in [0.25, 0.3) is 0 Å². The van der Waals surface area contributed by atoms with Gasteiger partial charge < -0.3 is 5.32 Å². The van der Waals surface area contributed by atoms with E-state index in [-0.39, 0.29) is 5.91 Å². The van der Waals surface area contributed by atoms with Crippen LogP contribution in [0.4, 0.5) is 5.82 Å². The summed E-state index contributed by atoms with van der Waals surface area (Å²) >= 11 is 1.51.